The summed E-state index contributed by atoms with van der Waals surface area (Å²) < 4.78 is 5.92. The van der Waals surface area contributed by atoms with Crippen molar-refractivity contribution in [3.05, 3.63) is 28.2 Å². The molecule has 1 amide bonds. The number of halogens is 2. The lowest BCUT2D eigenvalue weighted by molar-refractivity contribution is 0.0897. The molecular formula is C14H20BrClN2O2. The molecule has 1 aliphatic rings. The molecule has 3 N–H and O–H groups in total. The zero-order chi connectivity index (χ0) is 14.0. The van der Waals surface area contributed by atoms with Crippen LogP contribution in [0.4, 0.5) is 0 Å². The van der Waals surface area contributed by atoms with E-state index >= 15 is 0 Å². The second-order valence-corrected chi connectivity index (χ2v) is 6.05. The fourth-order valence-corrected chi connectivity index (χ4v) is 2.72. The predicted octanol–water partition coefficient (Wildman–Crippen LogP) is 2.74. The molecule has 0 bridgehead atoms. The van der Waals surface area contributed by atoms with Gasteiger partial charge in [-0.25, -0.2) is 0 Å². The highest BCUT2D eigenvalue weighted by Crippen LogP contribution is 2.39. The van der Waals surface area contributed by atoms with E-state index in [1.807, 2.05) is 6.92 Å². The monoisotopic (exact) mass is 362 g/mol. The molecule has 0 aliphatic heterocycles. The highest BCUT2D eigenvalue weighted by Gasteiger charge is 2.41. The summed E-state index contributed by atoms with van der Waals surface area (Å²) in [7, 11) is 1.60. The minimum absolute atomic E-state index is 0. The van der Waals surface area contributed by atoms with Crippen LogP contribution in [0.3, 0.4) is 0 Å². The van der Waals surface area contributed by atoms with Gasteiger partial charge in [-0.3, -0.25) is 4.79 Å². The average Bonchev–Trinajstić information content (AvgIpc) is 3.23. The van der Waals surface area contributed by atoms with E-state index in [-0.39, 0.29) is 23.9 Å². The van der Waals surface area contributed by atoms with Crippen LogP contribution in [0.2, 0.25) is 0 Å². The van der Waals surface area contributed by atoms with Gasteiger partial charge < -0.3 is 15.8 Å². The van der Waals surface area contributed by atoms with Gasteiger partial charge in [-0.2, -0.15) is 0 Å². The molecule has 1 saturated carbocycles. The predicted molar refractivity (Wildman–Crippen MR) is 85.6 cm³/mol. The normalized spacial score (nSPS) is 16.8. The maximum Gasteiger partial charge on any atom is 0.251 e. The largest absolute Gasteiger partial charge is 0.496 e. The molecule has 20 heavy (non-hydrogen) atoms. The fraction of sp³-hybridized carbons (Fsp3) is 0.500. The van der Waals surface area contributed by atoms with Crippen molar-refractivity contribution in [3.63, 3.8) is 0 Å². The van der Waals surface area contributed by atoms with Gasteiger partial charge in [-0.1, -0.05) is 0 Å². The quantitative estimate of drug-likeness (QED) is 0.845. The van der Waals surface area contributed by atoms with Crippen LogP contribution in [0.15, 0.2) is 22.7 Å². The molecule has 1 aliphatic carbocycles. The summed E-state index contributed by atoms with van der Waals surface area (Å²) in [6.07, 6.45) is 2.28. The Labute approximate surface area is 134 Å². The van der Waals surface area contributed by atoms with E-state index < -0.39 is 0 Å². The van der Waals surface area contributed by atoms with E-state index in [1.165, 1.54) is 0 Å². The van der Waals surface area contributed by atoms with Crippen molar-refractivity contribution < 1.29 is 9.53 Å². The first-order chi connectivity index (χ1) is 9.00. The maximum absolute atomic E-state index is 12.3. The number of amides is 1. The van der Waals surface area contributed by atoms with Gasteiger partial charge in [0.1, 0.15) is 5.75 Å². The lowest BCUT2D eigenvalue weighted by Gasteiger charge is -2.29. The van der Waals surface area contributed by atoms with Gasteiger partial charge in [-0.15, -0.1) is 12.4 Å². The van der Waals surface area contributed by atoms with E-state index in [9.17, 15) is 4.79 Å². The molecule has 1 aromatic carbocycles. The van der Waals surface area contributed by atoms with Crippen molar-refractivity contribution in [2.45, 2.75) is 25.3 Å². The summed E-state index contributed by atoms with van der Waals surface area (Å²) >= 11 is 3.38. The van der Waals surface area contributed by atoms with Crippen LogP contribution in [-0.4, -0.2) is 25.1 Å². The SMILES string of the molecule is COc1ccc(C(=O)NC(C)(CN)C2CC2)cc1Br.Cl. The third-order valence-corrected chi connectivity index (χ3v) is 4.34. The van der Waals surface area contributed by atoms with Crippen molar-refractivity contribution in [2.75, 3.05) is 13.7 Å². The van der Waals surface area contributed by atoms with Crippen molar-refractivity contribution in [1.29, 1.82) is 0 Å². The zero-order valence-electron chi connectivity index (χ0n) is 11.6. The number of carbonyl (C=O) groups excluding carboxylic acids is 1. The van der Waals surface area contributed by atoms with Gasteiger partial charge in [0.15, 0.2) is 0 Å². The van der Waals surface area contributed by atoms with Gasteiger partial charge in [0.05, 0.1) is 17.1 Å². The topological polar surface area (TPSA) is 64.3 Å². The number of rotatable bonds is 5. The average molecular weight is 364 g/mol. The number of hydrogen-bond acceptors (Lipinski definition) is 3. The second-order valence-electron chi connectivity index (χ2n) is 5.20. The van der Waals surface area contributed by atoms with Crippen molar-refractivity contribution in [1.82, 2.24) is 5.32 Å². The summed E-state index contributed by atoms with van der Waals surface area (Å²) in [5.74, 6) is 1.12. The van der Waals surface area contributed by atoms with Crippen LogP contribution < -0.4 is 15.8 Å². The smallest absolute Gasteiger partial charge is 0.251 e. The minimum atomic E-state index is -0.302. The molecule has 2 rings (SSSR count). The van der Waals surface area contributed by atoms with Crippen LogP contribution in [0.25, 0.3) is 0 Å². The Balaban J connectivity index is 0.00000200. The number of hydrogen-bond donors (Lipinski definition) is 2. The van der Waals surface area contributed by atoms with Crippen LogP contribution in [0.5, 0.6) is 5.75 Å². The van der Waals surface area contributed by atoms with E-state index in [0.717, 1.165) is 17.3 Å². The molecule has 0 radical (unpaired) electrons. The summed E-state index contributed by atoms with van der Waals surface area (Å²) in [6.45, 7) is 2.47. The molecule has 0 saturated heterocycles. The number of nitrogens with two attached hydrogens (primary N) is 1. The number of nitrogens with one attached hydrogen (secondary N) is 1. The van der Waals surface area contributed by atoms with E-state index in [2.05, 4.69) is 21.2 Å². The molecule has 6 heteroatoms. The van der Waals surface area contributed by atoms with Gasteiger partial charge in [0.2, 0.25) is 0 Å². The fourth-order valence-electron chi connectivity index (χ4n) is 2.18. The van der Waals surface area contributed by atoms with Crippen LogP contribution >= 0.6 is 28.3 Å². The minimum Gasteiger partial charge on any atom is -0.496 e. The Kier molecular flexibility index (Phi) is 5.86. The molecule has 4 nitrogen and oxygen atoms in total. The number of carbonyl (C=O) groups is 1. The molecule has 0 spiro atoms. The third kappa shape index (κ3) is 3.65. The standard InChI is InChI=1S/C14H19BrN2O2.ClH/c1-14(8-16,10-4-5-10)17-13(18)9-3-6-12(19-2)11(15)7-9;/h3,6-7,10H,4-5,8,16H2,1-2H3,(H,17,18);1H. The second kappa shape index (κ2) is 6.78. The first kappa shape index (κ1) is 17.3. The lowest BCUT2D eigenvalue weighted by atomic mass is 9.95. The molecule has 1 fully saturated rings. The van der Waals surface area contributed by atoms with Gasteiger partial charge >= 0.3 is 0 Å². The molecule has 112 valence electrons. The van der Waals surface area contributed by atoms with Crippen molar-refractivity contribution >= 4 is 34.2 Å². The van der Waals surface area contributed by atoms with Crippen LogP contribution in [-0.2, 0) is 0 Å². The Morgan fingerprint density at radius 1 is 1.55 bits per heavy atom. The lowest BCUT2D eigenvalue weighted by Crippen LogP contribution is -2.53. The third-order valence-electron chi connectivity index (χ3n) is 3.72. The molecular weight excluding hydrogens is 344 g/mol. The maximum atomic E-state index is 12.3. The highest BCUT2D eigenvalue weighted by molar-refractivity contribution is 9.10. The van der Waals surface area contributed by atoms with E-state index in [1.54, 1.807) is 25.3 Å². The van der Waals surface area contributed by atoms with E-state index in [0.29, 0.717) is 23.8 Å². The van der Waals surface area contributed by atoms with Gasteiger partial charge in [0, 0.05) is 12.1 Å². The van der Waals surface area contributed by atoms with Gasteiger partial charge in [-0.05, 0) is 59.8 Å². The zero-order valence-corrected chi connectivity index (χ0v) is 14.0. The number of ether oxygens (including phenoxy) is 1. The molecule has 0 heterocycles. The van der Waals surface area contributed by atoms with Crippen LogP contribution in [0, 0.1) is 5.92 Å². The Morgan fingerprint density at radius 3 is 2.65 bits per heavy atom. The Morgan fingerprint density at radius 2 is 2.20 bits per heavy atom. The van der Waals surface area contributed by atoms with Crippen LogP contribution in [0.1, 0.15) is 30.1 Å². The molecule has 0 aromatic heterocycles. The summed E-state index contributed by atoms with van der Waals surface area (Å²) in [6, 6.07) is 5.29. The van der Waals surface area contributed by atoms with E-state index in [4.69, 9.17) is 10.5 Å². The molecule has 1 atom stereocenters. The molecule has 1 unspecified atom stereocenters. The van der Waals surface area contributed by atoms with Crippen molar-refractivity contribution in [2.24, 2.45) is 11.7 Å². The van der Waals surface area contributed by atoms with Gasteiger partial charge in [0.25, 0.3) is 5.91 Å². The Hall–Kier alpha value is -0.780. The molecule has 1 aromatic rings. The number of methoxy groups -OCH3 is 1. The van der Waals surface area contributed by atoms with Crippen molar-refractivity contribution in [3.8, 4) is 5.75 Å². The first-order valence-electron chi connectivity index (χ1n) is 6.36. The highest BCUT2D eigenvalue weighted by atomic mass is 79.9. The first-order valence-corrected chi connectivity index (χ1v) is 7.15. The summed E-state index contributed by atoms with van der Waals surface area (Å²) in [5.41, 5.74) is 6.11. The Bertz CT molecular complexity index is 494. The summed E-state index contributed by atoms with van der Waals surface area (Å²) in [5, 5.41) is 3.06. The summed E-state index contributed by atoms with van der Waals surface area (Å²) in [4.78, 5) is 12.3. The number of benzene rings is 1.